The van der Waals surface area contributed by atoms with Crippen molar-refractivity contribution in [2.45, 2.75) is 0 Å². The lowest BCUT2D eigenvalue weighted by atomic mass is 9.99. The molecule has 0 radical (unpaired) electrons. The monoisotopic (exact) mass is 452 g/mol. The molecule has 0 atom stereocenters. The second-order valence-corrected chi connectivity index (χ2v) is 9.64. The van der Waals surface area contributed by atoms with Crippen LogP contribution in [0.3, 0.4) is 0 Å². The third-order valence-corrected chi connectivity index (χ3v) is 7.85. The Hall–Kier alpha value is -4.28. The van der Waals surface area contributed by atoms with E-state index in [2.05, 4.69) is 78.9 Å². The minimum absolute atomic E-state index is 0.741. The van der Waals surface area contributed by atoms with Gasteiger partial charge in [-0.1, -0.05) is 66.7 Å². The molecule has 158 valence electrons. The largest absolute Gasteiger partial charge is 0.456 e. The van der Waals surface area contributed by atoms with Gasteiger partial charge in [-0.15, -0.1) is 11.3 Å². The van der Waals surface area contributed by atoms with E-state index in [4.69, 9.17) is 14.7 Å². The summed E-state index contributed by atoms with van der Waals surface area (Å²) in [4.78, 5) is 10.1. The van der Waals surface area contributed by atoms with E-state index in [-0.39, 0.29) is 0 Å². The fraction of sp³-hybridized carbons (Fsp3) is 0. The average molecular weight is 453 g/mol. The van der Waals surface area contributed by atoms with Gasteiger partial charge in [0.1, 0.15) is 11.5 Å². The number of fused-ring (bicyclic) bond motifs is 1. The Morgan fingerprint density at radius 3 is 2.41 bits per heavy atom. The fourth-order valence-electron chi connectivity index (χ4n) is 5.15. The van der Waals surface area contributed by atoms with Crippen molar-refractivity contribution in [3.05, 3.63) is 97.1 Å². The topological polar surface area (TPSA) is 35.0 Å². The summed E-state index contributed by atoms with van der Waals surface area (Å²) < 4.78 is 8.79. The summed E-state index contributed by atoms with van der Waals surface area (Å²) in [6.45, 7) is 0. The van der Waals surface area contributed by atoms with Crippen LogP contribution in [0.15, 0.2) is 97.1 Å². The lowest BCUT2D eigenvalue weighted by molar-refractivity contribution is 0.493. The van der Waals surface area contributed by atoms with Crippen molar-refractivity contribution in [2.24, 2.45) is 0 Å². The molecule has 8 rings (SSSR count). The molecule has 0 fully saturated rings. The highest BCUT2D eigenvalue weighted by molar-refractivity contribution is 7.26. The molecule has 0 spiro atoms. The third kappa shape index (κ3) is 2.40. The van der Waals surface area contributed by atoms with Gasteiger partial charge in [0.15, 0.2) is 5.82 Å². The van der Waals surface area contributed by atoms with Crippen LogP contribution < -0.4 is 4.74 Å². The van der Waals surface area contributed by atoms with Crippen LogP contribution in [0.1, 0.15) is 0 Å². The summed E-state index contributed by atoms with van der Waals surface area (Å²) in [6.07, 6.45) is 0. The lowest BCUT2D eigenvalue weighted by Crippen LogP contribution is -1.96. The fourth-order valence-corrected chi connectivity index (χ4v) is 6.39. The molecule has 3 heterocycles. The van der Waals surface area contributed by atoms with E-state index >= 15 is 0 Å². The number of hydrogen-bond donors (Lipinski definition) is 0. The highest BCUT2D eigenvalue weighted by Gasteiger charge is 2.24. The molecule has 0 aliphatic carbocycles. The molecule has 2 aromatic heterocycles. The highest BCUT2D eigenvalue weighted by atomic mass is 32.1. The zero-order valence-electron chi connectivity index (χ0n) is 17.9. The Labute approximate surface area is 198 Å². The predicted octanol–water partition coefficient (Wildman–Crippen LogP) is 8.59. The quantitative estimate of drug-likeness (QED) is 0.263. The van der Waals surface area contributed by atoms with Gasteiger partial charge in [0, 0.05) is 37.4 Å². The van der Waals surface area contributed by atoms with Crippen molar-refractivity contribution in [3.63, 3.8) is 0 Å². The molecule has 0 saturated carbocycles. The molecule has 0 amide bonds. The van der Waals surface area contributed by atoms with Crippen molar-refractivity contribution >= 4 is 53.2 Å². The van der Waals surface area contributed by atoms with E-state index in [1.54, 1.807) is 11.3 Å². The number of nitrogens with zero attached hydrogens (tertiary/aromatic N) is 2. The van der Waals surface area contributed by atoms with Crippen LogP contribution >= 0.6 is 11.3 Å². The van der Waals surface area contributed by atoms with Gasteiger partial charge in [-0.25, -0.2) is 9.97 Å². The number of aromatic nitrogens is 2. The van der Waals surface area contributed by atoms with E-state index < -0.39 is 0 Å². The van der Waals surface area contributed by atoms with Gasteiger partial charge in [0.05, 0.1) is 15.9 Å². The Kier molecular flexibility index (Phi) is 3.54. The minimum atomic E-state index is 0.741. The average Bonchev–Trinajstić information content (AvgIpc) is 3.30. The number of rotatable bonds is 2. The molecule has 7 aromatic rings. The van der Waals surface area contributed by atoms with Gasteiger partial charge in [-0.05, 0) is 35.7 Å². The smallest absolute Gasteiger partial charge is 0.161 e. The van der Waals surface area contributed by atoms with Crippen LogP contribution in [0.5, 0.6) is 11.5 Å². The van der Waals surface area contributed by atoms with Crippen LogP contribution in [0.25, 0.3) is 64.5 Å². The van der Waals surface area contributed by atoms with Crippen molar-refractivity contribution in [2.75, 3.05) is 0 Å². The summed E-state index contributed by atoms with van der Waals surface area (Å²) in [5.74, 6) is 2.57. The summed E-state index contributed by atoms with van der Waals surface area (Å²) in [5, 5.41) is 5.90. The van der Waals surface area contributed by atoms with Gasteiger partial charge in [0.25, 0.3) is 0 Å². The molecule has 0 saturated heterocycles. The van der Waals surface area contributed by atoms with Crippen molar-refractivity contribution < 1.29 is 4.74 Å². The van der Waals surface area contributed by atoms with Gasteiger partial charge in [-0.3, -0.25) is 0 Å². The second-order valence-electron chi connectivity index (χ2n) is 8.59. The van der Waals surface area contributed by atoms with Crippen molar-refractivity contribution in [1.82, 2.24) is 9.97 Å². The van der Waals surface area contributed by atoms with E-state index in [1.807, 2.05) is 18.2 Å². The number of thiophene rings is 1. The first kappa shape index (κ1) is 18.2. The van der Waals surface area contributed by atoms with E-state index in [0.717, 1.165) is 45.0 Å². The summed E-state index contributed by atoms with van der Waals surface area (Å²) >= 11 is 1.79. The van der Waals surface area contributed by atoms with Crippen LogP contribution in [-0.4, -0.2) is 9.97 Å². The molecular formula is C30H16N2OS. The van der Waals surface area contributed by atoms with Gasteiger partial charge >= 0.3 is 0 Å². The first-order valence-corrected chi connectivity index (χ1v) is 12.1. The van der Waals surface area contributed by atoms with Crippen LogP contribution in [0.4, 0.5) is 0 Å². The molecule has 0 unspecified atom stereocenters. The zero-order valence-corrected chi connectivity index (χ0v) is 18.8. The normalized spacial score (nSPS) is 12.4. The molecule has 3 nitrogen and oxygen atoms in total. The van der Waals surface area contributed by atoms with Crippen LogP contribution in [-0.2, 0) is 0 Å². The summed E-state index contributed by atoms with van der Waals surface area (Å²) in [6, 6.07) is 33.4. The SMILES string of the molecule is c1ccc(-c2nc(-c3ccc4c5c3sc3ccc6cccc(c6c35)O4)nc3ccccc23)cc1. The van der Waals surface area contributed by atoms with Crippen molar-refractivity contribution in [3.8, 4) is 34.1 Å². The summed E-state index contributed by atoms with van der Waals surface area (Å²) in [7, 11) is 0. The summed E-state index contributed by atoms with van der Waals surface area (Å²) in [5.41, 5.74) is 4.03. The second kappa shape index (κ2) is 6.62. The number of hydrogen-bond acceptors (Lipinski definition) is 4. The molecule has 0 bridgehead atoms. The van der Waals surface area contributed by atoms with Gasteiger partial charge in [0.2, 0.25) is 0 Å². The van der Waals surface area contributed by atoms with E-state index in [0.29, 0.717) is 0 Å². The Morgan fingerprint density at radius 2 is 1.47 bits per heavy atom. The maximum absolute atomic E-state index is 6.36. The molecule has 34 heavy (non-hydrogen) atoms. The predicted molar refractivity (Wildman–Crippen MR) is 141 cm³/mol. The Bertz CT molecular complexity index is 1940. The van der Waals surface area contributed by atoms with E-state index in [1.165, 1.54) is 30.9 Å². The molecule has 1 aliphatic rings. The molecule has 1 aliphatic heterocycles. The minimum Gasteiger partial charge on any atom is -0.456 e. The van der Waals surface area contributed by atoms with Crippen molar-refractivity contribution in [1.29, 1.82) is 0 Å². The maximum atomic E-state index is 6.36. The first-order chi connectivity index (χ1) is 16.8. The number of para-hydroxylation sites is 1. The Balaban J connectivity index is 1.48. The van der Waals surface area contributed by atoms with Gasteiger partial charge in [-0.2, -0.15) is 0 Å². The third-order valence-electron chi connectivity index (χ3n) is 6.66. The van der Waals surface area contributed by atoms with Crippen LogP contribution in [0, 0.1) is 0 Å². The van der Waals surface area contributed by atoms with Crippen LogP contribution in [0.2, 0.25) is 0 Å². The standard InChI is InChI=1S/C30H16N2OS/c1-2-7-18(8-3-1)28-19-10-4-5-11-21(19)31-30(32-28)20-14-15-23-26-27-24(34-29(20)26)16-13-17-9-6-12-22(33-23)25(17)27/h1-16H. The maximum Gasteiger partial charge on any atom is 0.161 e. The van der Waals surface area contributed by atoms with E-state index in [9.17, 15) is 0 Å². The zero-order chi connectivity index (χ0) is 22.2. The number of ether oxygens (including phenoxy) is 1. The molecular weight excluding hydrogens is 436 g/mol. The molecule has 5 aromatic carbocycles. The molecule has 4 heteroatoms. The van der Waals surface area contributed by atoms with Gasteiger partial charge < -0.3 is 4.74 Å². The lowest BCUT2D eigenvalue weighted by Gasteiger charge is -2.17. The Morgan fingerprint density at radius 1 is 0.618 bits per heavy atom. The first-order valence-electron chi connectivity index (χ1n) is 11.3. The number of benzene rings is 5. The molecule has 0 N–H and O–H groups in total. The highest BCUT2D eigenvalue weighted by Crippen LogP contribution is 2.52.